The van der Waals surface area contributed by atoms with Crippen LogP contribution in [0.5, 0.6) is 5.75 Å². The predicted octanol–water partition coefficient (Wildman–Crippen LogP) is 2.39. The number of rotatable bonds is 9. The number of nitrogens with zero attached hydrogens (tertiary/aromatic N) is 2. The summed E-state index contributed by atoms with van der Waals surface area (Å²) < 4.78 is 13.1. The van der Waals surface area contributed by atoms with E-state index in [0.717, 1.165) is 30.8 Å². The third kappa shape index (κ3) is 6.07. The van der Waals surface area contributed by atoms with E-state index >= 15 is 0 Å². The van der Waals surface area contributed by atoms with Crippen molar-refractivity contribution in [3.8, 4) is 17.1 Å². The molecule has 0 radical (unpaired) electrons. The van der Waals surface area contributed by atoms with E-state index in [1.165, 1.54) is 0 Å². The maximum atomic E-state index is 11.9. The number of benzene rings is 1. The van der Waals surface area contributed by atoms with Crippen LogP contribution in [-0.4, -0.2) is 52.0 Å². The number of imidazole rings is 1. The maximum Gasteiger partial charge on any atom is 0.258 e. The summed E-state index contributed by atoms with van der Waals surface area (Å²) in [6.07, 6.45) is 6.47. The molecule has 1 atom stereocenters. The van der Waals surface area contributed by atoms with Gasteiger partial charge in [0.25, 0.3) is 5.91 Å². The Morgan fingerprint density at radius 1 is 1.39 bits per heavy atom. The molecule has 1 saturated heterocycles. The third-order valence-electron chi connectivity index (χ3n) is 4.71. The van der Waals surface area contributed by atoms with Crippen molar-refractivity contribution in [3.05, 3.63) is 36.7 Å². The summed E-state index contributed by atoms with van der Waals surface area (Å²) in [5, 5.41) is 12.8. The van der Waals surface area contributed by atoms with Gasteiger partial charge in [-0.05, 0) is 57.4 Å². The van der Waals surface area contributed by atoms with Crippen molar-refractivity contribution >= 4 is 5.91 Å². The number of nitrogens with one attached hydrogen (secondary N) is 1. The quantitative estimate of drug-likeness (QED) is 0.690. The van der Waals surface area contributed by atoms with Crippen LogP contribution < -0.4 is 10.1 Å². The minimum Gasteiger partial charge on any atom is -0.484 e. The van der Waals surface area contributed by atoms with Crippen LogP contribution in [0.4, 0.5) is 0 Å². The van der Waals surface area contributed by atoms with Gasteiger partial charge in [-0.15, -0.1) is 0 Å². The average molecular weight is 387 g/mol. The summed E-state index contributed by atoms with van der Waals surface area (Å²) >= 11 is 0. The van der Waals surface area contributed by atoms with Crippen LogP contribution in [0.2, 0.25) is 0 Å². The fourth-order valence-electron chi connectivity index (χ4n) is 3.08. The zero-order chi connectivity index (χ0) is 20.0. The van der Waals surface area contributed by atoms with E-state index in [0.29, 0.717) is 25.3 Å². The minimum atomic E-state index is -0.719. The van der Waals surface area contributed by atoms with Gasteiger partial charge in [0.2, 0.25) is 0 Å². The first kappa shape index (κ1) is 20.4. The van der Waals surface area contributed by atoms with Crippen molar-refractivity contribution in [1.82, 2.24) is 14.9 Å². The number of aliphatic hydroxyl groups is 1. The van der Waals surface area contributed by atoms with Crippen molar-refractivity contribution in [2.75, 3.05) is 19.8 Å². The molecule has 152 valence electrons. The molecule has 2 aromatic rings. The first-order chi connectivity index (χ1) is 13.4. The first-order valence-electron chi connectivity index (χ1n) is 9.76. The molecular weight excluding hydrogens is 358 g/mol. The summed E-state index contributed by atoms with van der Waals surface area (Å²) in [5.41, 5.74) is 0.236. The van der Waals surface area contributed by atoms with Crippen LogP contribution >= 0.6 is 0 Å². The lowest BCUT2D eigenvalue weighted by molar-refractivity contribution is -0.123. The summed E-state index contributed by atoms with van der Waals surface area (Å²) in [7, 11) is 0. The van der Waals surface area contributed by atoms with Gasteiger partial charge in [-0.1, -0.05) is 0 Å². The Labute approximate surface area is 165 Å². The van der Waals surface area contributed by atoms with E-state index in [9.17, 15) is 9.90 Å². The van der Waals surface area contributed by atoms with Gasteiger partial charge in [-0.25, -0.2) is 4.98 Å². The number of hydrogen-bond donors (Lipinski definition) is 2. The van der Waals surface area contributed by atoms with Gasteiger partial charge in [0.1, 0.15) is 11.6 Å². The minimum absolute atomic E-state index is 0.0216. The molecule has 7 heteroatoms. The fraction of sp³-hybridized carbons (Fsp3) is 0.524. The number of ether oxygens (including phenoxy) is 2. The van der Waals surface area contributed by atoms with Gasteiger partial charge >= 0.3 is 0 Å². The van der Waals surface area contributed by atoms with Crippen molar-refractivity contribution < 1.29 is 19.4 Å². The zero-order valence-electron chi connectivity index (χ0n) is 16.6. The van der Waals surface area contributed by atoms with E-state index in [4.69, 9.17) is 9.47 Å². The Morgan fingerprint density at radius 3 is 2.86 bits per heavy atom. The van der Waals surface area contributed by atoms with Crippen LogP contribution in [0.1, 0.15) is 33.1 Å². The molecule has 1 fully saturated rings. The van der Waals surface area contributed by atoms with Gasteiger partial charge in [-0.2, -0.15) is 0 Å². The molecule has 1 aliphatic rings. The molecule has 3 rings (SSSR count). The number of aromatic nitrogens is 2. The van der Waals surface area contributed by atoms with E-state index in [-0.39, 0.29) is 18.6 Å². The molecule has 2 heterocycles. The van der Waals surface area contributed by atoms with Gasteiger partial charge in [-0.3, -0.25) is 4.79 Å². The average Bonchev–Trinajstić information content (AvgIpc) is 3.34. The van der Waals surface area contributed by atoms with Crippen molar-refractivity contribution in [1.29, 1.82) is 0 Å². The second-order valence-corrected chi connectivity index (χ2v) is 7.76. The highest BCUT2D eigenvalue weighted by Crippen LogP contribution is 2.22. The summed E-state index contributed by atoms with van der Waals surface area (Å²) in [6, 6.07) is 7.50. The Balaban J connectivity index is 1.50. The summed E-state index contributed by atoms with van der Waals surface area (Å²) in [5.74, 6) is 1.32. The zero-order valence-corrected chi connectivity index (χ0v) is 16.6. The van der Waals surface area contributed by atoms with Crippen LogP contribution in [0.15, 0.2) is 36.7 Å². The molecule has 1 unspecified atom stereocenters. The van der Waals surface area contributed by atoms with Crippen molar-refractivity contribution in [2.24, 2.45) is 0 Å². The second-order valence-electron chi connectivity index (χ2n) is 7.76. The van der Waals surface area contributed by atoms with Crippen LogP contribution in [-0.2, 0) is 16.1 Å². The Bertz CT molecular complexity index is 759. The molecule has 7 nitrogen and oxygen atoms in total. The molecular formula is C21H29N3O4. The first-order valence-corrected chi connectivity index (χ1v) is 9.76. The van der Waals surface area contributed by atoms with Crippen LogP contribution in [0.3, 0.4) is 0 Å². The van der Waals surface area contributed by atoms with E-state index < -0.39 is 5.60 Å². The molecule has 2 N–H and O–H groups in total. The van der Waals surface area contributed by atoms with Crippen molar-refractivity contribution in [3.63, 3.8) is 0 Å². The largest absolute Gasteiger partial charge is 0.484 e. The molecule has 1 amide bonds. The number of carbonyl (C=O) groups excluding carboxylic acids is 1. The number of amides is 1. The predicted molar refractivity (Wildman–Crippen MR) is 106 cm³/mol. The molecule has 0 saturated carbocycles. The van der Waals surface area contributed by atoms with Crippen LogP contribution in [0.25, 0.3) is 11.4 Å². The molecule has 1 aromatic heterocycles. The standard InChI is InChI=1S/C21H29N3O4/c1-21(2,26)9-11-24-12-10-22-20(24)16-5-7-17(8-6-16)28-15-19(25)23-14-18-4-3-13-27-18/h5-8,10,12,18,26H,3-4,9,11,13-15H2,1-2H3,(H,23,25). The monoisotopic (exact) mass is 387 g/mol. The van der Waals surface area contributed by atoms with E-state index in [2.05, 4.69) is 10.3 Å². The van der Waals surface area contributed by atoms with E-state index in [1.54, 1.807) is 20.0 Å². The lowest BCUT2D eigenvalue weighted by Gasteiger charge is -2.18. The SMILES string of the molecule is CC(C)(O)CCn1ccnc1-c1ccc(OCC(=O)NCC2CCCO2)cc1. The lowest BCUT2D eigenvalue weighted by Crippen LogP contribution is -2.35. The smallest absolute Gasteiger partial charge is 0.258 e. The molecule has 28 heavy (non-hydrogen) atoms. The highest BCUT2D eigenvalue weighted by Gasteiger charge is 2.16. The Morgan fingerprint density at radius 2 is 2.18 bits per heavy atom. The van der Waals surface area contributed by atoms with Gasteiger partial charge in [0.05, 0.1) is 11.7 Å². The summed E-state index contributed by atoms with van der Waals surface area (Å²) in [6.45, 7) is 5.57. The maximum absolute atomic E-state index is 11.9. The van der Waals surface area contributed by atoms with Crippen LogP contribution in [0, 0.1) is 0 Å². The fourth-order valence-corrected chi connectivity index (χ4v) is 3.08. The second kappa shape index (κ2) is 9.21. The van der Waals surface area contributed by atoms with Crippen molar-refractivity contribution in [2.45, 2.75) is 51.4 Å². The topological polar surface area (TPSA) is 85.6 Å². The number of carbonyl (C=O) groups is 1. The molecule has 1 aliphatic heterocycles. The van der Waals surface area contributed by atoms with Gasteiger partial charge in [0.15, 0.2) is 6.61 Å². The third-order valence-corrected chi connectivity index (χ3v) is 4.71. The summed E-state index contributed by atoms with van der Waals surface area (Å²) in [4.78, 5) is 16.3. The molecule has 1 aromatic carbocycles. The Hall–Kier alpha value is -2.38. The number of hydrogen-bond acceptors (Lipinski definition) is 5. The Kier molecular flexibility index (Phi) is 6.70. The normalized spacial score (nSPS) is 16.9. The number of aryl methyl sites for hydroxylation is 1. The van der Waals surface area contributed by atoms with Gasteiger partial charge < -0.3 is 24.5 Å². The highest BCUT2D eigenvalue weighted by atomic mass is 16.5. The highest BCUT2D eigenvalue weighted by molar-refractivity contribution is 5.77. The van der Waals surface area contributed by atoms with Gasteiger partial charge in [0, 0.05) is 37.7 Å². The molecule has 0 spiro atoms. The molecule has 0 bridgehead atoms. The lowest BCUT2D eigenvalue weighted by atomic mass is 10.1. The van der Waals surface area contributed by atoms with E-state index in [1.807, 2.05) is 35.0 Å². The molecule has 0 aliphatic carbocycles.